The number of hydrogen-bond acceptors (Lipinski definition) is 4. The van der Waals surface area contributed by atoms with Gasteiger partial charge in [-0.1, -0.05) is 109 Å². The first-order chi connectivity index (χ1) is 35.9. The third-order valence-electron chi connectivity index (χ3n) is 16.7. The molecular formula is C69H68O4. The largest absolute Gasteiger partial charge is 0.507 e. The zero-order chi connectivity index (χ0) is 49.4. The second kappa shape index (κ2) is 20.5. The molecule has 12 rings (SSSR count). The van der Waals surface area contributed by atoms with Crippen molar-refractivity contribution in [2.75, 3.05) is 0 Å². The normalized spacial score (nSPS) is 15.8. The zero-order valence-corrected chi connectivity index (χ0v) is 42.7. The summed E-state index contributed by atoms with van der Waals surface area (Å²) >= 11 is 0. The Bertz CT molecular complexity index is 3040. The fourth-order valence-electron chi connectivity index (χ4n) is 13.2. The number of hydrogen-bond donors (Lipinski definition) is 2. The molecule has 4 aliphatic carbocycles. The van der Waals surface area contributed by atoms with Crippen molar-refractivity contribution < 1.29 is 19.7 Å². The average Bonchev–Trinajstić information content (AvgIpc) is 3.43. The van der Waals surface area contributed by atoms with Gasteiger partial charge in [0.2, 0.25) is 0 Å². The van der Waals surface area contributed by atoms with Gasteiger partial charge in [0.25, 0.3) is 0 Å². The minimum absolute atomic E-state index is 0.321. The van der Waals surface area contributed by atoms with Gasteiger partial charge >= 0.3 is 0 Å². The molecule has 2 unspecified atom stereocenters. The lowest BCUT2D eigenvalue weighted by Gasteiger charge is -2.29. The number of rotatable bonds is 12. The molecule has 0 radical (unpaired) electrons. The number of phenolic OH excluding ortho intramolecular Hbond substituents is 2. The van der Waals surface area contributed by atoms with Crippen LogP contribution in [0.3, 0.4) is 0 Å². The van der Waals surface area contributed by atoms with Gasteiger partial charge in [0.15, 0.2) is 0 Å². The number of aromatic hydroxyl groups is 2. The number of phenols is 2. The number of benzene rings is 8. The van der Waals surface area contributed by atoms with Crippen LogP contribution < -0.4 is 9.47 Å². The van der Waals surface area contributed by atoms with Gasteiger partial charge in [0.05, 0.1) is 0 Å². The summed E-state index contributed by atoms with van der Waals surface area (Å²) in [6, 6.07) is 51.1. The van der Waals surface area contributed by atoms with E-state index in [1.165, 1.54) is 107 Å². The Labute approximate surface area is 432 Å². The van der Waals surface area contributed by atoms with E-state index in [2.05, 4.69) is 111 Å². The smallest absolute Gasteiger partial charge is 0.131 e. The summed E-state index contributed by atoms with van der Waals surface area (Å²) in [5.41, 5.74) is 23.7. The van der Waals surface area contributed by atoms with E-state index in [1.807, 2.05) is 48.5 Å². The van der Waals surface area contributed by atoms with Crippen molar-refractivity contribution in [3.8, 4) is 67.5 Å². The van der Waals surface area contributed by atoms with Crippen molar-refractivity contribution in [2.45, 2.75) is 135 Å². The first-order valence-electron chi connectivity index (χ1n) is 27.5. The predicted molar refractivity (Wildman–Crippen MR) is 298 cm³/mol. The van der Waals surface area contributed by atoms with E-state index in [9.17, 15) is 10.2 Å². The molecule has 0 aromatic heterocycles. The zero-order valence-electron chi connectivity index (χ0n) is 42.7. The van der Waals surface area contributed by atoms with Crippen LogP contribution in [0.15, 0.2) is 146 Å². The SMILES string of the molecule is Cc1cc(-c2ccccc2OC(CC(Oc2ccccc2-c2cc(C)cc(-c3c4c(cc5c3CCCC5)CCCC4)c2O)c2ccccc2)c2ccccc2)c(O)c(-c2c3c(cc4c2CCCC4)CCCC3)c1. The van der Waals surface area contributed by atoms with Crippen LogP contribution >= 0.6 is 0 Å². The maximum Gasteiger partial charge on any atom is 0.131 e. The van der Waals surface area contributed by atoms with Gasteiger partial charge < -0.3 is 19.7 Å². The van der Waals surface area contributed by atoms with Crippen LogP contribution in [-0.4, -0.2) is 10.2 Å². The highest BCUT2D eigenvalue weighted by Crippen LogP contribution is 2.51. The van der Waals surface area contributed by atoms with Gasteiger partial charge in [0.1, 0.15) is 35.2 Å². The lowest BCUT2D eigenvalue weighted by atomic mass is 9.76. The van der Waals surface area contributed by atoms with Gasteiger partial charge in [-0.15, -0.1) is 0 Å². The molecule has 0 amide bonds. The molecule has 0 spiro atoms. The van der Waals surface area contributed by atoms with Crippen molar-refractivity contribution in [3.63, 3.8) is 0 Å². The first kappa shape index (κ1) is 47.0. The fraction of sp³-hybridized carbons (Fsp3) is 0.304. The molecular weight excluding hydrogens is 893 g/mol. The second-order valence-electron chi connectivity index (χ2n) is 21.6. The summed E-state index contributed by atoms with van der Waals surface area (Å²) < 4.78 is 14.7. The van der Waals surface area contributed by atoms with Gasteiger partial charge in [0, 0.05) is 39.8 Å². The summed E-state index contributed by atoms with van der Waals surface area (Å²) in [4.78, 5) is 0. The summed E-state index contributed by atoms with van der Waals surface area (Å²) in [6.07, 6.45) is 17.9. The van der Waals surface area contributed by atoms with E-state index in [4.69, 9.17) is 9.47 Å². The number of ether oxygens (including phenoxy) is 2. The topological polar surface area (TPSA) is 58.9 Å². The highest BCUT2D eigenvalue weighted by Gasteiger charge is 2.31. The van der Waals surface area contributed by atoms with Gasteiger partial charge in [-0.3, -0.25) is 0 Å². The lowest BCUT2D eigenvalue weighted by Crippen LogP contribution is -2.17. The Balaban J connectivity index is 0.928. The second-order valence-corrected chi connectivity index (χ2v) is 21.6. The molecule has 4 aliphatic rings. The maximum atomic E-state index is 12.7. The Kier molecular flexibility index (Phi) is 13.2. The Hall–Kier alpha value is -7.04. The molecule has 73 heavy (non-hydrogen) atoms. The van der Waals surface area contributed by atoms with Gasteiger partial charge in [-0.05, 0) is 231 Å². The quantitative estimate of drug-likeness (QED) is 0.128. The molecule has 0 aliphatic heterocycles. The van der Waals surface area contributed by atoms with Crippen LogP contribution in [0.25, 0.3) is 44.5 Å². The van der Waals surface area contributed by atoms with E-state index in [1.54, 1.807) is 0 Å². The average molecular weight is 961 g/mol. The third-order valence-corrected chi connectivity index (χ3v) is 16.7. The highest BCUT2D eigenvalue weighted by atomic mass is 16.5. The van der Waals surface area contributed by atoms with E-state index in [0.29, 0.717) is 29.4 Å². The van der Waals surface area contributed by atoms with Crippen molar-refractivity contribution >= 4 is 0 Å². The van der Waals surface area contributed by atoms with Gasteiger partial charge in [-0.25, -0.2) is 0 Å². The number of fused-ring (bicyclic) bond motifs is 4. The Morgan fingerprint density at radius 3 is 1.04 bits per heavy atom. The molecule has 0 saturated carbocycles. The summed E-state index contributed by atoms with van der Waals surface area (Å²) in [7, 11) is 0. The van der Waals surface area contributed by atoms with E-state index in [-0.39, 0.29) is 0 Å². The molecule has 0 bridgehead atoms. The maximum absolute atomic E-state index is 12.7. The highest BCUT2D eigenvalue weighted by molar-refractivity contribution is 5.90. The molecule has 368 valence electrons. The molecule has 0 heterocycles. The molecule has 0 fully saturated rings. The molecule has 8 aromatic rings. The van der Waals surface area contributed by atoms with Crippen LogP contribution in [-0.2, 0) is 51.4 Å². The van der Waals surface area contributed by atoms with E-state index >= 15 is 0 Å². The summed E-state index contributed by atoms with van der Waals surface area (Å²) in [6.45, 7) is 4.31. The van der Waals surface area contributed by atoms with E-state index in [0.717, 1.165) is 107 Å². The molecule has 0 saturated heterocycles. The minimum atomic E-state index is -0.436. The lowest BCUT2D eigenvalue weighted by molar-refractivity contribution is 0.111. The number of aryl methyl sites for hydroxylation is 6. The molecule has 4 nitrogen and oxygen atoms in total. The van der Waals surface area contributed by atoms with Crippen molar-refractivity contribution in [1.82, 2.24) is 0 Å². The van der Waals surface area contributed by atoms with Crippen LogP contribution in [0, 0.1) is 13.8 Å². The number of para-hydroxylation sites is 2. The first-order valence-corrected chi connectivity index (χ1v) is 27.5. The Morgan fingerprint density at radius 1 is 0.356 bits per heavy atom. The predicted octanol–water partition coefficient (Wildman–Crippen LogP) is 17.2. The standard InChI is InChI=1S/C69H68O4/c1-44-37-58(68(70)60(39-44)66-52-29-13-9-25-48(52)41-49-26-10-14-30-53(49)66)56-33-17-19-35-62(56)72-64(46-21-5-3-6-22-46)43-65(47-23-7-4-8-24-47)73-63-36-20-18-34-57(63)59-38-45(2)40-61(69(59)71)67-54-31-15-11-27-50(54)42-51-28-12-16-32-55(51)67/h3-8,17-24,33-42,64-65,70-71H,9-16,25-32,43H2,1-2H3. The van der Waals surface area contributed by atoms with E-state index < -0.39 is 12.2 Å². The minimum Gasteiger partial charge on any atom is -0.507 e. The van der Waals surface area contributed by atoms with Gasteiger partial charge in [-0.2, -0.15) is 0 Å². The Morgan fingerprint density at radius 2 is 0.671 bits per heavy atom. The monoisotopic (exact) mass is 961 g/mol. The fourth-order valence-corrected chi connectivity index (χ4v) is 13.2. The summed E-state index contributed by atoms with van der Waals surface area (Å²) in [5.74, 6) is 2.05. The van der Waals surface area contributed by atoms with Crippen LogP contribution in [0.1, 0.15) is 137 Å². The van der Waals surface area contributed by atoms with Crippen molar-refractivity contribution in [1.29, 1.82) is 0 Å². The molecule has 8 aromatic carbocycles. The molecule has 4 heteroatoms. The van der Waals surface area contributed by atoms with Crippen molar-refractivity contribution in [3.05, 3.63) is 212 Å². The van der Waals surface area contributed by atoms with Crippen LogP contribution in [0.2, 0.25) is 0 Å². The van der Waals surface area contributed by atoms with Crippen LogP contribution in [0.5, 0.6) is 23.0 Å². The molecule has 2 atom stereocenters. The third kappa shape index (κ3) is 9.24. The van der Waals surface area contributed by atoms with Crippen LogP contribution in [0.4, 0.5) is 0 Å². The van der Waals surface area contributed by atoms with Crippen molar-refractivity contribution in [2.24, 2.45) is 0 Å². The molecule has 2 N–H and O–H groups in total. The summed E-state index contributed by atoms with van der Waals surface area (Å²) in [5, 5.41) is 25.4.